The maximum Gasteiger partial charge on any atom is 0.409 e. The van der Waals surface area contributed by atoms with Crippen molar-refractivity contribution < 1.29 is 57.3 Å². The molecule has 2 saturated heterocycles. The lowest BCUT2D eigenvalue weighted by molar-refractivity contribution is -0.387. The first-order valence-corrected chi connectivity index (χ1v) is 18.9. The molecule has 3 heterocycles. The fourth-order valence-electron chi connectivity index (χ4n) is 7.21. The number of anilines is 1. The number of carbonyl (C=O) groups is 4. The van der Waals surface area contributed by atoms with Crippen LogP contribution in [-0.2, 0) is 35.0 Å². The highest BCUT2D eigenvalue weighted by Gasteiger charge is 2.64. The summed E-state index contributed by atoms with van der Waals surface area (Å²) in [5.41, 5.74) is -2.74. The normalized spacial score (nSPS) is 29.4. The van der Waals surface area contributed by atoms with Crippen LogP contribution in [0.3, 0.4) is 0 Å². The van der Waals surface area contributed by atoms with Crippen LogP contribution in [0.25, 0.3) is 0 Å². The van der Waals surface area contributed by atoms with Crippen LogP contribution in [0.15, 0.2) is 48.1 Å². The number of ether oxygens (including phenoxy) is 5. The summed E-state index contributed by atoms with van der Waals surface area (Å²) in [6.45, 7) is 6.54. The van der Waals surface area contributed by atoms with Crippen molar-refractivity contribution in [1.82, 2.24) is 10.2 Å². The number of alkyl carbamates (subject to hydrolysis) is 1. The van der Waals surface area contributed by atoms with Gasteiger partial charge in [-0.15, -0.1) is 0 Å². The van der Waals surface area contributed by atoms with Gasteiger partial charge in [0.2, 0.25) is 11.7 Å². The highest BCUT2D eigenvalue weighted by molar-refractivity contribution is 6.35. The number of epoxide rings is 1. The summed E-state index contributed by atoms with van der Waals surface area (Å²) in [5, 5.41) is 25.1. The minimum atomic E-state index is -1.90. The minimum absolute atomic E-state index is 0.132. The van der Waals surface area contributed by atoms with Crippen molar-refractivity contribution in [2.45, 2.75) is 88.7 Å². The Morgan fingerprint density at radius 2 is 1.90 bits per heavy atom. The van der Waals surface area contributed by atoms with Crippen LogP contribution in [0.5, 0.6) is 5.75 Å². The molecule has 2 aromatic rings. The van der Waals surface area contributed by atoms with Gasteiger partial charge in [-0.2, -0.15) is 4.39 Å². The van der Waals surface area contributed by atoms with Gasteiger partial charge in [0.15, 0.2) is 5.72 Å². The number of methoxy groups -OCH3 is 2. The predicted octanol–water partition coefficient (Wildman–Crippen LogP) is 5.53. The number of rotatable bonds is 7. The Kier molecular flexibility index (Phi) is 13.1. The summed E-state index contributed by atoms with van der Waals surface area (Å²) in [4.78, 5) is 66.8. The molecule has 0 saturated carbocycles. The third kappa shape index (κ3) is 8.93. The van der Waals surface area contributed by atoms with Crippen LogP contribution >= 0.6 is 23.2 Å². The Morgan fingerprint density at radius 1 is 1.21 bits per heavy atom. The molecule has 58 heavy (non-hydrogen) atoms. The smallest absolute Gasteiger partial charge is 0.409 e. The largest absolute Gasteiger partial charge is 0.495 e. The van der Waals surface area contributed by atoms with E-state index in [0.717, 1.165) is 16.0 Å². The molecule has 3 aliphatic heterocycles. The molecule has 0 spiro atoms. The van der Waals surface area contributed by atoms with Crippen molar-refractivity contribution >= 4 is 58.5 Å². The van der Waals surface area contributed by atoms with Crippen LogP contribution in [0, 0.1) is 21.8 Å². The van der Waals surface area contributed by atoms with Gasteiger partial charge in [-0.25, -0.2) is 9.59 Å². The zero-order chi connectivity index (χ0) is 43.0. The topological polar surface area (TPSA) is 200 Å². The number of likely N-dealkylation sites (N-methyl/N-ethyl adjacent to an activating group) is 1. The fraction of sp³-hybridized carbons (Fsp3) is 0.487. The molecule has 4 bridgehead atoms. The Morgan fingerprint density at radius 3 is 2.53 bits per heavy atom. The molecular weight excluding hydrogens is 806 g/mol. The Hall–Kier alpha value is -4.81. The maximum absolute atomic E-state index is 14.5. The number of nitro groups is 1. The molecule has 0 aromatic heterocycles. The first-order chi connectivity index (χ1) is 27.1. The molecule has 2 N–H and O–H groups in total. The van der Waals surface area contributed by atoms with Gasteiger partial charge >= 0.3 is 17.7 Å². The summed E-state index contributed by atoms with van der Waals surface area (Å²) in [5.74, 6) is -4.13. The molecule has 314 valence electrons. The summed E-state index contributed by atoms with van der Waals surface area (Å²) >= 11 is 12.9. The number of amides is 3. The molecule has 16 nitrogen and oxygen atoms in total. The number of nitrogens with one attached hydrogen (secondary N) is 1. The fourth-order valence-corrected chi connectivity index (χ4v) is 7.76. The van der Waals surface area contributed by atoms with Crippen LogP contribution < -0.4 is 15.0 Å². The van der Waals surface area contributed by atoms with Crippen LogP contribution in [0.2, 0.25) is 10.0 Å². The molecule has 0 aliphatic carbocycles. The van der Waals surface area contributed by atoms with Crippen molar-refractivity contribution in [3.8, 4) is 5.75 Å². The zero-order valence-corrected chi connectivity index (χ0v) is 34.6. The quantitative estimate of drug-likeness (QED) is 0.153. The van der Waals surface area contributed by atoms with Crippen molar-refractivity contribution in [3.63, 3.8) is 0 Å². The lowest BCUT2D eigenvalue weighted by Gasteiger charge is -2.42. The van der Waals surface area contributed by atoms with Gasteiger partial charge < -0.3 is 38.6 Å². The third-order valence-corrected chi connectivity index (χ3v) is 11.6. The predicted molar refractivity (Wildman–Crippen MR) is 208 cm³/mol. The van der Waals surface area contributed by atoms with E-state index < -0.39 is 105 Å². The van der Waals surface area contributed by atoms with E-state index in [1.807, 2.05) is 13.0 Å². The van der Waals surface area contributed by atoms with E-state index in [1.165, 1.54) is 40.1 Å². The third-order valence-electron chi connectivity index (χ3n) is 10.9. The molecule has 5 rings (SSSR count). The SMILES string of the molecule is COc1cc2cc(c1Cl)N(C)C(=O)C[C@H](OC(=O)[C@H](C)N(C)C(=O)c1cc(F)c([N+](=O)[O-])cc1Cl)[C@]1(C)O[C@H]1[C@H](C)[C@@H]1C[C@@](O)(NC(=O)O1)[C@H](OC)/C=C/C=C(\C)C2. The number of esters is 1. The van der Waals surface area contributed by atoms with Crippen molar-refractivity contribution in [2.24, 2.45) is 5.92 Å². The molecule has 0 radical (unpaired) electrons. The van der Waals surface area contributed by atoms with Gasteiger partial charge in [-0.1, -0.05) is 53.9 Å². The highest BCUT2D eigenvalue weighted by atomic mass is 35.5. The molecule has 8 atom stereocenters. The number of aliphatic hydroxyl groups is 1. The molecule has 3 aliphatic rings. The first kappa shape index (κ1) is 44.3. The lowest BCUT2D eigenvalue weighted by atomic mass is 9.83. The number of nitrogens with zero attached hydrogens (tertiary/aromatic N) is 3. The molecule has 19 heteroatoms. The number of allylic oxidation sites excluding steroid dienone is 3. The number of hydrogen-bond acceptors (Lipinski definition) is 12. The second-order valence-electron chi connectivity index (χ2n) is 14.9. The van der Waals surface area contributed by atoms with Crippen LogP contribution in [-0.4, -0.2) is 109 Å². The summed E-state index contributed by atoms with van der Waals surface area (Å²) in [7, 11) is 5.55. The van der Waals surface area contributed by atoms with E-state index in [-0.39, 0.29) is 11.4 Å². The molecule has 2 fully saturated rings. The molecule has 0 unspecified atom stereocenters. The number of carbonyl (C=O) groups excluding carboxylic acids is 4. The maximum atomic E-state index is 14.5. The average Bonchev–Trinajstić information content (AvgIpc) is 3.87. The van der Waals surface area contributed by atoms with E-state index >= 15 is 0 Å². The van der Waals surface area contributed by atoms with Gasteiger partial charge in [0.25, 0.3) is 5.91 Å². The summed E-state index contributed by atoms with van der Waals surface area (Å²) < 4.78 is 43.5. The average molecular weight is 852 g/mol. The number of hydrogen-bond donors (Lipinski definition) is 2. The molecule has 3 amide bonds. The molecular formula is C39H45Cl2FN4O12. The highest BCUT2D eigenvalue weighted by Crippen LogP contribution is 2.49. The first-order valence-electron chi connectivity index (χ1n) is 18.1. The van der Waals surface area contributed by atoms with Gasteiger partial charge in [0, 0.05) is 39.6 Å². The van der Waals surface area contributed by atoms with Gasteiger partial charge in [-0.3, -0.25) is 25.0 Å². The van der Waals surface area contributed by atoms with Gasteiger partial charge in [0.05, 0.1) is 40.8 Å². The van der Waals surface area contributed by atoms with E-state index in [4.69, 9.17) is 46.9 Å². The van der Waals surface area contributed by atoms with E-state index in [0.29, 0.717) is 30.0 Å². The van der Waals surface area contributed by atoms with Crippen molar-refractivity contribution in [1.29, 1.82) is 0 Å². The lowest BCUT2D eigenvalue weighted by Crippen LogP contribution is -2.63. The Labute approximate surface area is 343 Å². The van der Waals surface area contributed by atoms with E-state index in [2.05, 4.69) is 5.32 Å². The van der Waals surface area contributed by atoms with Gasteiger partial charge in [-0.05, 0) is 51.0 Å². The zero-order valence-electron chi connectivity index (χ0n) is 33.0. The number of fused-ring (bicyclic) bond motifs is 5. The second-order valence-corrected chi connectivity index (χ2v) is 15.6. The standard InChI is InChI=1S/C39H45Cl2FN4O12/c1-19-10-9-11-30(55-8)39(51)18-29(56-37(50)43-39)20(2)34-38(4,58-34)31(17-32(47)45(6)27-13-22(12-19)14-28(54-7)33(27)41)57-36(49)21(3)44(5)35(48)23-15-25(42)26(46(52)53)16-24(23)40/h9-11,13-16,20-21,29-31,34,51H,12,17-18H2,1-8H3,(H,43,50)/b11-9+,19-10+/t20-,21+,29+,30-,31+,34+,38+,39+/m1/s1. The van der Waals surface area contributed by atoms with Gasteiger partial charge in [0.1, 0.15) is 40.7 Å². The van der Waals surface area contributed by atoms with Crippen LogP contribution in [0.1, 0.15) is 56.5 Å². The molecule has 2 aromatic carbocycles. The van der Waals surface area contributed by atoms with E-state index in [1.54, 1.807) is 38.1 Å². The Bertz CT molecular complexity index is 2070. The second kappa shape index (κ2) is 17.2. The van der Waals surface area contributed by atoms with E-state index in [9.17, 15) is 38.8 Å². The number of halogens is 3. The monoisotopic (exact) mass is 850 g/mol. The Balaban J connectivity index is 1.52. The summed E-state index contributed by atoms with van der Waals surface area (Å²) in [6, 6.07) is 3.40. The minimum Gasteiger partial charge on any atom is -0.495 e. The van der Waals surface area contributed by atoms with Crippen molar-refractivity contribution in [2.75, 3.05) is 33.2 Å². The summed E-state index contributed by atoms with van der Waals surface area (Å²) in [6.07, 6.45) is -0.0407. The number of nitro benzene ring substituents is 1. The van der Waals surface area contributed by atoms with Crippen molar-refractivity contribution in [3.05, 3.63) is 85.2 Å². The number of benzene rings is 2. The van der Waals surface area contributed by atoms with Crippen LogP contribution in [0.4, 0.5) is 20.6 Å².